The molecule has 0 amide bonds. The quantitative estimate of drug-likeness (QED) is 0.786. The zero-order chi connectivity index (χ0) is 16.8. The summed E-state index contributed by atoms with van der Waals surface area (Å²) in [6, 6.07) is 10.4. The first kappa shape index (κ1) is 16.7. The van der Waals surface area contributed by atoms with E-state index in [9.17, 15) is 14.0 Å². The minimum Gasteiger partial charge on any atom is -0.462 e. The van der Waals surface area contributed by atoms with Crippen LogP contribution < -0.4 is 0 Å². The highest BCUT2D eigenvalue weighted by molar-refractivity contribution is 6.00. The van der Waals surface area contributed by atoms with E-state index in [2.05, 4.69) is 0 Å². The van der Waals surface area contributed by atoms with Crippen molar-refractivity contribution in [2.45, 2.75) is 13.8 Å². The Bertz CT molecular complexity index is 725. The van der Waals surface area contributed by atoms with E-state index in [4.69, 9.17) is 9.47 Å². The molecule has 0 aliphatic rings. The van der Waals surface area contributed by atoms with E-state index in [0.717, 1.165) is 0 Å². The van der Waals surface area contributed by atoms with Crippen LogP contribution in [0, 0.1) is 5.82 Å². The van der Waals surface area contributed by atoms with Gasteiger partial charge in [-0.15, -0.1) is 0 Å². The molecule has 5 heteroatoms. The summed E-state index contributed by atoms with van der Waals surface area (Å²) in [5.41, 5.74) is 1.47. The molecule has 2 aromatic carbocycles. The van der Waals surface area contributed by atoms with E-state index in [-0.39, 0.29) is 24.3 Å². The maximum absolute atomic E-state index is 13.5. The molecule has 0 saturated carbocycles. The van der Waals surface area contributed by atoms with Crippen LogP contribution in [0.5, 0.6) is 0 Å². The number of ether oxygens (including phenoxy) is 2. The van der Waals surface area contributed by atoms with E-state index in [0.29, 0.717) is 11.1 Å². The van der Waals surface area contributed by atoms with Crippen molar-refractivity contribution in [1.29, 1.82) is 0 Å². The van der Waals surface area contributed by atoms with Gasteiger partial charge >= 0.3 is 11.9 Å². The Labute approximate surface area is 133 Å². The van der Waals surface area contributed by atoms with Gasteiger partial charge in [0, 0.05) is 0 Å². The SMILES string of the molecule is CCOC(=O)c1ccc(-c2cccc(F)c2)c(C(=O)OCC)c1. The number of halogens is 1. The Kier molecular flexibility index (Phi) is 5.46. The molecule has 0 fully saturated rings. The third-order valence-corrected chi connectivity index (χ3v) is 3.16. The third-order valence-electron chi connectivity index (χ3n) is 3.16. The summed E-state index contributed by atoms with van der Waals surface area (Å²) in [4.78, 5) is 24.0. The fourth-order valence-corrected chi connectivity index (χ4v) is 2.17. The van der Waals surface area contributed by atoms with Crippen molar-refractivity contribution < 1.29 is 23.5 Å². The van der Waals surface area contributed by atoms with Crippen LogP contribution in [-0.4, -0.2) is 25.2 Å². The molecule has 0 saturated heterocycles. The van der Waals surface area contributed by atoms with Gasteiger partial charge in [0.25, 0.3) is 0 Å². The van der Waals surface area contributed by atoms with Crippen molar-refractivity contribution in [3.63, 3.8) is 0 Å². The Morgan fingerprint density at radius 2 is 1.65 bits per heavy atom. The van der Waals surface area contributed by atoms with Crippen LogP contribution in [0.2, 0.25) is 0 Å². The second-order valence-electron chi connectivity index (χ2n) is 4.71. The zero-order valence-corrected chi connectivity index (χ0v) is 13.0. The van der Waals surface area contributed by atoms with E-state index in [1.165, 1.54) is 18.2 Å². The number of rotatable bonds is 5. The molecule has 0 bridgehead atoms. The molecule has 23 heavy (non-hydrogen) atoms. The van der Waals surface area contributed by atoms with Crippen molar-refractivity contribution in [3.05, 3.63) is 59.4 Å². The molecule has 0 radical (unpaired) electrons. The van der Waals surface area contributed by atoms with Crippen LogP contribution in [0.1, 0.15) is 34.6 Å². The molecule has 0 heterocycles. The van der Waals surface area contributed by atoms with Gasteiger partial charge in [-0.25, -0.2) is 14.0 Å². The van der Waals surface area contributed by atoms with Gasteiger partial charge in [0.2, 0.25) is 0 Å². The topological polar surface area (TPSA) is 52.6 Å². The predicted molar refractivity (Wildman–Crippen MR) is 83.7 cm³/mol. The molecule has 0 atom stereocenters. The molecule has 0 aliphatic heterocycles. The molecule has 0 N–H and O–H groups in total. The van der Waals surface area contributed by atoms with Crippen molar-refractivity contribution >= 4 is 11.9 Å². The van der Waals surface area contributed by atoms with E-state index < -0.39 is 17.8 Å². The van der Waals surface area contributed by atoms with Crippen LogP contribution in [0.15, 0.2) is 42.5 Å². The highest BCUT2D eigenvalue weighted by Gasteiger charge is 2.18. The lowest BCUT2D eigenvalue weighted by molar-refractivity contribution is 0.0526. The lowest BCUT2D eigenvalue weighted by Crippen LogP contribution is -2.10. The summed E-state index contributed by atoms with van der Waals surface area (Å²) in [5.74, 6) is -1.51. The van der Waals surface area contributed by atoms with Crippen LogP contribution >= 0.6 is 0 Å². The fourth-order valence-electron chi connectivity index (χ4n) is 2.17. The molecule has 0 aliphatic carbocycles. The monoisotopic (exact) mass is 316 g/mol. The van der Waals surface area contributed by atoms with Crippen LogP contribution in [0.3, 0.4) is 0 Å². The molecular weight excluding hydrogens is 299 g/mol. The second-order valence-corrected chi connectivity index (χ2v) is 4.71. The number of carbonyl (C=O) groups is 2. The van der Waals surface area contributed by atoms with Crippen LogP contribution in [-0.2, 0) is 9.47 Å². The summed E-state index contributed by atoms with van der Waals surface area (Å²) in [5, 5.41) is 0. The van der Waals surface area contributed by atoms with Gasteiger partial charge in [-0.1, -0.05) is 18.2 Å². The highest BCUT2D eigenvalue weighted by Crippen LogP contribution is 2.26. The fraction of sp³-hybridized carbons (Fsp3) is 0.222. The first-order chi connectivity index (χ1) is 11.1. The van der Waals surface area contributed by atoms with E-state index >= 15 is 0 Å². The van der Waals surface area contributed by atoms with Gasteiger partial charge in [0.15, 0.2) is 0 Å². The largest absolute Gasteiger partial charge is 0.462 e. The molecule has 0 spiro atoms. The predicted octanol–water partition coefficient (Wildman–Crippen LogP) is 3.85. The van der Waals surface area contributed by atoms with Crippen molar-refractivity contribution in [2.24, 2.45) is 0 Å². The molecule has 4 nitrogen and oxygen atoms in total. The molecule has 2 rings (SSSR count). The summed E-state index contributed by atoms with van der Waals surface area (Å²) in [6.07, 6.45) is 0. The number of carbonyl (C=O) groups excluding carboxylic acids is 2. The standard InChI is InChI=1S/C18H17FO4/c1-3-22-17(20)13-8-9-15(12-6-5-7-14(19)10-12)16(11-13)18(21)23-4-2/h5-11H,3-4H2,1-2H3. The van der Waals surface area contributed by atoms with E-state index in [1.54, 1.807) is 38.1 Å². The van der Waals surface area contributed by atoms with E-state index in [1.807, 2.05) is 0 Å². The normalized spacial score (nSPS) is 10.2. The zero-order valence-electron chi connectivity index (χ0n) is 13.0. The molecule has 0 unspecified atom stereocenters. The Morgan fingerprint density at radius 1 is 0.957 bits per heavy atom. The summed E-state index contributed by atoms with van der Waals surface area (Å²) >= 11 is 0. The lowest BCUT2D eigenvalue weighted by atomic mass is 9.97. The van der Waals surface area contributed by atoms with Gasteiger partial charge in [0.05, 0.1) is 24.3 Å². The van der Waals surface area contributed by atoms with Crippen molar-refractivity contribution in [3.8, 4) is 11.1 Å². The number of hydrogen-bond donors (Lipinski definition) is 0. The smallest absolute Gasteiger partial charge is 0.338 e. The second kappa shape index (κ2) is 7.54. The van der Waals surface area contributed by atoms with Crippen LogP contribution in [0.25, 0.3) is 11.1 Å². The van der Waals surface area contributed by atoms with Gasteiger partial charge < -0.3 is 9.47 Å². The molecule has 0 aromatic heterocycles. The van der Waals surface area contributed by atoms with Gasteiger partial charge in [-0.2, -0.15) is 0 Å². The van der Waals surface area contributed by atoms with Crippen LogP contribution in [0.4, 0.5) is 4.39 Å². The minimum absolute atomic E-state index is 0.197. The number of benzene rings is 2. The van der Waals surface area contributed by atoms with Crippen molar-refractivity contribution in [1.82, 2.24) is 0 Å². The molecule has 120 valence electrons. The molecular formula is C18H17FO4. The Balaban J connectivity index is 2.53. The first-order valence-electron chi connectivity index (χ1n) is 7.31. The molecule has 2 aromatic rings. The maximum Gasteiger partial charge on any atom is 0.338 e. The van der Waals surface area contributed by atoms with Gasteiger partial charge in [0.1, 0.15) is 5.82 Å². The average molecular weight is 316 g/mol. The summed E-state index contributed by atoms with van der Waals surface area (Å²) in [6.45, 7) is 3.82. The minimum atomic E-state index is -0.571. The maximum atomic E-state index is 13.5. The number of hydrogen-bond acceptors (Lipinski definition) is 4. The third kappa shape index (κ3) is 3.94. The first-order valence-corrected chi connectivity index (χ1v) is 7.31. The highest BCUT2D eigenvalue weighted by atomic mass is 19.1. The van der Waals surface area contributed by atoms with Gasteiger partial charge in [-0.05, 0) is 49.2 Å². The van der Waals surface area contributed by atoms with Crippen molar-refractivity contribution in [2.75, 3.05) is 13.2 Å². The number of esters is 2. The summed E-state index contributed by atoms with van der Waals surface area (Å²) in [7, 11) is 0. The lowest BCUT2D eigenvalue weighted by Gasteiger charge is -2.11. The average Bonchev–Trinajstić information content (AvgIpc) is 2.54. The van der Waals surface area contributed by atoms with Gasteiger partial charge in [-0.3, -0.25) is 0 Å². The Morgan fingerprint density at radius 3 is 2.30 bits per heavy atom. The Hall–Kier alpha value is -2.69. The summed E-state index contributed by atoms with van der Waals surface area (Å²) < 4.78 is 23.4.